The summed E-state index contributed by atoms with van der Waals surface area (Å²) in [7, 11) is 1.80. The van der Waals surface area contributed by atoms with E-state index in [1.54, 1.807) is 7.05 Å². The van der Waals surface area contributed by atoms with E-state index in [0.717, 1.165) is 18.5 Å². The summed E-state index contributed by atoms with van der Waals surface area (Å²) in [5.41, 5.74) is 1.14. The minimum absolute atomic E-state index is 0.138. The van der Waals surface area contributed by atoms with Crippen LogP contribution in [0.4, 0.5) is 0 Å². The van der Waals surface area contributed by atoms with Gasteiger partial charge in [-0.15, -0.1) is 0 Å². The lowest BCUT2D eigenvalue weighted by molar-refractivity contribution is -0.874. The van der Waals surface area contributed by atoms with E-state index in [1.807, 2.05) is 30.3 Å². The van der Waals surface area contributed by atoms with Crippen LogP contribution >= 0.6 is 0 Å². The van der Waals surface area contributed by atoms with Gasteiger partial charge in [0.05, 0.1) is 13.6 Å². The van der Waals surface area contributed by atoms with Crippen LogP contribution in [0.5, 0.6) is 0 Å². The molecule has 0 aliphatic rings. The Morgan fingerprint density at radius 3 is 1.90 bits per heavy atom. The van der Waals surface area contributed by atoms with Crippen molar-refractivity contribution in [2.75, 3.05) is 13.6 Å². The van der Waals surface area contributed by atoms with Crippen molar-refractivity contribution in [2.45, 2.75) is 71.3 Å². The average Bonchev–Trinajstić information content (AvgIpc) is 2.46. The Kier molecular flexibility index (Phi) is 9.36. The quantitative estimate of drug-likeness (QED) is 0.277. The van der Waals surface area contributed by atoms with E-state index in [2.05, 4.69) is 6.92 Å². The summed E-state index contributed by atoms with van der Waals surface area (Å²) in [5, 5.41) is 12.4. The maximum atomic E-state index is 12.4. The second kappa shape index (κ2) is 10.8. The van der Waals surface area contributed by atoms with Crippen LogP contribution < -0.4 is 0 Å². The topological polar surface area (TPSA) is 23.1 Å². The van der Waals surface area contributed by atoms with Crippen molar-refractivity contribution >= 4 is 0 Å². The van der Waals surface area contributed by atoms with Crippen molar-refractivity contribution in [3.8, 4) is 0 Å². The van der Waals surface area contributed by atoms with Crippen LogP contribution in [-0.2, 0) is 6.54 Å². The van der Waals surface area contributed by atoms with Gasteiger partial charge >= 0.3 is 0 Å². The Hall–Kier alpha value is -0.860. The van der Waals surface area contributed by atoms with Gasteiger partial charge < -0.3 is 9.85 Å². The van der Waals surface area contributed by atoms with E-state index >= 15 is 0 Å². The zero-order valence-electron chi connectivity index (χ0n) is 14.0. The first kappa shape index (κ1) is 18.2. The number of benzene rings is 1. The van der Waals surface area contributed by atoms with Gasteiger partial charge in [-0.2, -0.15) is 0 Å². The van der Waals surface area contributed by atoms with Gasteiger partial charge in [0.2, 0.25) is 0 Å². The molecule has 2 nitrogen and oxygen atoms in total. The van der Waals surface area contributed by atoms with E-state index in [1.165, 1.54) is 51.4 Å². The van der Waals surface area contributed by atoms with Crippen molar-refractivity contribution < 1.29 is 4.65 Å². The largest absolute Gasteiger partial charge is 0.633 e. The van der Waals surface area contributed by atoms with Crippen LogP contribution in [0, 0.1) is 5.21 Å². The Balaban J connectivity index is 2.03. The van der Waals surface area contributed by atoms with Crippen LogP contribution in [-0.4, -0.2) is 18.2 Å². The maximum Gasteiger partial charge on any atom is 0.104 e. The fraction of sp³-hybridized carbons (Fsp3) is 0.684. The monoisotopic (exact) mass is 291 g/mol. The van der Waals surface area contributed by atoms with E-state index in [0.29, 0.717) is 6.54 Å². The van der Waals surface area contributed by atoms with Crippen LogP contribution in [0.2, 0.25) is 0 Å². The number of hydrogen-bond acceptors (Lipinski definition) is 1. The smallest absolute Gasteiger partial charge is 0.104 e. The molecule has 2 heteroatoms. The summed E-state index contributed by atoms with van der Waals surface area (Å²) in [6.07, 6.45) is 11.7. The second-order valence-corrected chi connectivity index (χ2v) is 6.49. The molecule has 21 heavy (non-hydrogen) atoms. The number of nitrogens with zero attached hydrogens (tertiary/aromatic N) is 1. The molecule has 0 N–H and O–H groups in total. The number of rotatable bonds is 12. The molecular formula is C19H33NO. The SMILES string of the molecule is CCCCCCCCCCC[N+](C)([O-])Cc1ccccc1. The molecule has 0 aliphatic heterocycles. The third-order valence-corrected chi connectivity index (χ3v) is 4.09. The molecule has 120 valence electrons. The molecule has 1 atom stereocenters. The van der Waals surface area contributed by atoms with E-state index in [-0.39, 0.29) is 4.65 Å². The van der Waals surface area contributed by atoms with Gasteiger partial charge in [0.15, 0.2) is 0 Å². The van der Waals surface area contributed by atoms with Crippen molar-refractivity contribution in [3.63, 3.8) is 0 Å². The highest BCUT2D eigenvalue weighted by atomic mass is 16.5. The molecule has 0 radical (unpaired) electrons. The average molecular weight is 291 g/mol. The summed E-state index contributed by atoms with van der Waals surface area (Å²) >= 11 is 0. The first-order valence-electron chi connectivity index (χ1n) is 8.73. The molecule has 0 amide bonds. The Bertz CT molecular complexity index is 348. The molecule has 1 unspecified atom stereocenters. The molecule has 1 aromatic carbocycles. The summed E-state index contributed by atoms with van der Waals surface area (Å²) in [4.78, 5) is 0. The third-order valence-electron chi connectivity index (χ3n) is 4.09. The van der Waals surface area contributed by atoms with Crippen molar-refractivity contribution in [2.24, 2.45) is 0 Å². The van der Waals surface area contributed by atoms with Gasteiger partial charge in [0.1, 0.15) is 6.54 Å². The normalized spacial score (nSPS) is 14.0. The first-order chi connectivity index (χ1) is 10.1. The van der Waals surface area contributed by atoms with Crippen LogP contribution in [0.15, 0.2) is 30.3 Å². The van der Waals surface area contributed by atoms with Crippen LogP contribution in [0.3, 0.4) is 0 Å². The highest BCUT2D eigenvalue weighted by Gasteiger charge is 2.10. The number of hydrogen-bond donors (Lipinski definition) is 0. The lowest BCUT2D eigenvalue weighted by Crippen LogP contribution is -2.37. The summed E-state index contributed by atoms with van der Waals surface area (Å²) < 4.78 is -0.138. The fourth-order valence-corrected chi connectivity index (χ4v) is 2.81. The molecule has 0 spiro atoms. The Morgan fingerprint density at radius 1 is 0.810 bits per heavy atom. The third kappa shape index (κ3) is 9.65. The van der Waals surface area contributed by atoms with Crippen molar-refractivity contribution in [1.82, 2.24) is 0 Å². The minimum Gasteiger partial charge on any atom is -0.633 e. The highest BCUT2D eigenvalue weighted by molar-refractivity contribution is 5.13. The Morgan fingerprint density at radius 2 is 1.33 bits per heavy atom. The summed E-state index contributed by atoms with van der Waals surface area (Å²) in [6, 6.07) is 10.1. The standard InChI is InChI=1S/C19H33NO/c1-3-4-5-6-7-8-9-10-14-17-20(2,21)18-19-15-12-11-13-16-19/h11-13,15-16H,3-10,14,17-18H2,1-2H3. The Labute approximate surface area is 131 Å². The van der Waals surface area contributed by atoms with Gasteiger partial charge in [-0.25, -0.2) is 0 Å². The van der Waals surface area contributed by atoms with Crippen molar-refractivity contribution in [3.05, 3.63) is 41.1 Å². The highest BCUT2D eigenvalue weighted by Crippen LogP contribution is 2.14. The number of unbranched alkanes of at least 4 members (excludes halogenated alkanes) is 8. The molecule has 0 saturated carbocycles. The second-order valence-electron chi connectivity index (χ2n) is 6.49. The van der Waals surface area contributed by atoms with Gasteiger partial charge in [-0.1, -0.05) is 82.2 Å². The van der Waals surface area contributed by atoms with Crippen LogP contribution in [0.25, 0.3) is 0 Å². The molecule has 0 heterocycles. The molecule has 0 aromatic heterocycles. The lowest BCUT2D eigenvalue weighted by atomic mass is 10.1. The van der Waals surface area contributed by atoms with E-state index in [9.17, 15) is 5.21 Å². The zero-order valence-corrected chi connectivity index (χ0v) is 14.0. The van der Waals surface area contributed by atoms with Crippen molar-refractivity contribution in [1.29, 1.82) is 0 Å². The first-order valence-corrected chi connectivity index (χ1v) is 8.73. The molecule has 1 rings (SSSR count). The van der Waals surface area contributed by atoms with Gasteiger partial charge in [-0.05, 0) is 12.8 Å². The fourth-order valence-electron chi connectivity index (χ4n) is 2.81. The van der Waals surface area contributed by atoms with Crippen LogP contribution in [0.1, 0.15) is 70.3 Å². The summed E-state index contributed by atoms with van der Waals surface area (Å²) in [5.74, 6) is 0. The number of quaternary nitrogens is 1. The molecule has 0 fully saturated rings. The molecular weight excluding hydrogens is 258 g/mol. The predicted molar refractivity (Wildman–Crippen MR) is 91.8 cm³/mol. The molecule has 0 saturated heterocycles. The predicted octanol–water partition coefficient (Wildman–Crippen LogP) is 5.66. The van der Waals surface area contributed by atoms with E-state index < -0.39 is 0 Å². The van der Waals surface area contributed by atoms with Gasteiger partial charge in [-0.3, -0.25) is 0 Å². The summed E-state index contributed by atoms with van der Waals surface area (Å²) in [6.45, 7) is 3.59. The van der Waals surface area contributed by atoms with Gasteiger partial charge in [0, 0.05) is 5.56 Å². The maximum absolute atomic E-state index is 12.4. The zero-order chi connectivity index (χ0) is 15.4. The van der Waals surface area contributed by atoms with E-state index in [4.69, 9.17) is 0 Å². The molecule has 0 aliphatic carbocycles. The van der Waals surface area contributed by atoms with Gasteiger partial charge in [0.25, 0.3) is 0 Å². The molecule has 0 bridgehead atoms. The molecule has 1 aromatic rings. The minimum atomic E-state index is -0.138. The lowest BCUT2D eigenvalue weighted by Gasteiger charge is -2.38. The number of hydroxylamine groups is 3.